The highest BCUT2D eigenvalue weighted by atomic mass is 79.9. The van der Waals surface area contributed by atoms with Gasteiger partial charge >= 0.3 is 0 Å². The van der Waals surface area contributed by atoms with Gasteiger partial charge in [-0.1, -0.05) is 0 Å². The van der Waals surface area contributed by atoms with E-state index in [1.165, 1.54) is 0 Å². The lowest BCUT2D eigenvalue weighted by molar-refractivity contribution is -0.115. The summed E-state index contributed by atoms with van der Waals surface area (Å²) in [6.07, 6.45) is 1.78. The molecule has 1 aromatic rings. The lowest BCUT2D eigenvalue weighted by Gasteiger charge is -1.90. The number of amides is 1. The Morgan fingerprint density at radius 1 is 1.64 bits per heavy atom. The van der Waals surface area contributed by atoms with Crippen LogP contribution in [0.4, 0.5) is 0 Å². The minimum Gasteiger partial charge on any atom is -0.309 e. The Morgan fingerprint density at radius 2 is 2.43 bits per heavy atom. The van der Waals surface area contributed by atoms with E-state index in [9.17, 15) is 4.79 Å². The van der Waals surface area contributed by atoms with Crippen LogP contribution in [-0.4, -0.2) is 11.7 Å². The van der Waals surface area contributed by atoms with Gasteiger partial charge in [0.2, 0.25) is 0 Å². The highest BCUT2D eigenvalue weighted by molar-refractivity contribution is 9.10. The fourth-order valence-corrected chi connectivity index (χ4v) is 2.53. The van der Waals surface area contributed by atoms with E-state index in [1.54, 1.807) is 24.3 Å². The van der Waals surface area contributed by atoms with E-state index in [1.807, 2.05) is 11.4 Å². The van der Waals surface area contributed by atoms with Crippen molar-refractivity contribution >= 4 is 45.1 Å². The summed E-state index contributed by atoms with van der Waals surface area (Å²) in [7, 11) is 0. The summed E-state index contributed by atoms with van der Waals surface area (Å²) in [6, 6.07) is 1.94. The van der Waals surface area contributed by atoms with Crippen molar-refractivity contribution in [2.45, 2.75) is 6.92 Å². The van der Waals surface area contributed by atoms with E-state index in [2.05, 4.69) is 26.2 Å². The summed E-state index contributed by atoms with van der Waals surface area (Å²) in [5.41, 5.74) is 0.464. The zero-order valence-corrected chi connectivity index (χ0v) is 9.78. The summed E-state index contributed by atoms with van der Waals surface area (Å²) in [6.45, 7) is 1.77. The van der Waals surface area contributed by atoms with Crippen LogP contribution in [-0.2, 0) is 4.79 Å². The largest absolute Gasteiger partial charge is 0.309 e. The Hall–Kier alpha value is -0.940. The van der Waals surface area contributed by atoms with Gasteiger partial charge in [-0.25, -0.2) is 4.99 Å². The standard InChI is InChI=1S/C9H7BrN2OS/c1-5-11-7(9(13)12-5)4-8-6(10)2-3-14-8/h2-4H,1H3,(H,11,12,13)/b7-4-. The summed E-state index contributed by atoms with van der Waals surface area (Å²) < 4.78 is 0.988. The highest BCUT2D eigenvalue weighted by Crippen LogP contribution is 2.26. The van der Waals surface area contributed by atoms with Crippen molar-refractivity contribution in [3.05, 3.63) is 26.5 Å². The fraction of sp³-hybridized carbons (Fsp3) is 0.111. The Labute approximate surface area is 93.7 Å². The van der Waals surface area contributed by atoms with Crippen LogP contribution in [0.15, 0.2) is 26.6 Å². The number of halogens is 1. The van der Waals surface area contributed by atoms with E-state index in [4.69, 9.17) is 0 Å². The molecule has 14 heavy (non-hydrogen) atoms. The van der Waals surface area contributed by atoms with Gasteiger partial charge in [0.05, 0.1) is 0 Å². The zero-order chi connectivity index (χ0) is 10.1. The molecule has 0 saturated carbocycles. The van der Waals surface area contributed by atoms with E-state index >= 15 is 0 Å². The monoisotopic (exact) mass is 270 g/mol. The van der Waals surface area contributed by atoms with Crippen molar-refractivity contribution in [1.82, 2.24) is 5.32 Å². The summed E-state index contributed by atoms with van der Waals surface area (Å²) in [5, 5.41) is 4.59. The second-order valence-corrected chi connectivity index (χ2v) is 4.62. The first-order chi connectivity index (χ1) is 6.66. The molecular formula is C9H7BrN2OS. The molecule has 0 saturated heterocycles. The van der Waals surface area contributed by atoms with Gasteiger partial charge in [0.1, 0.15) is 11.5 Å². The van der Waals surface area contributed by atoms with Crippen molar-refractivity contribution in [1.29, 1.82) is 0 Å². The maximum atomic E-state index is 11.3. The van der Waals surface area contributed by atoms with Gasteiger partial charge in [0, 0.05) is 9.35 Å². The van der Waals surface area contributed by atoms with Crippen molar-refractivity contribution in [2.24, 2.45) is 4.99 Å². The van der Waals surface area contributed by atoms with Gasteiger partial charge in [-0.15, -0.1) is 11.3 Å². The molecule has 0 fully saturated rings. The fourth-order valence-electron chi connectivity index (χ4n) is 1.12. The van der Waals surface area contributed by atoms with Gasteiger partial charge < -0.3 is 5.32 Å². The number of hydrogen-bond donors (Lipinski definition) is 1. The van der Waals surface area contributed by atoms with E-state index in [0.717, 1.165) is 9.35 Å². The molecule has 3 nitrogen and oxygen atoms in total. The van der Waals surface area contributed by atoms with Gasteiger partial charge in [-0.3, -0.25) is 4.79 Å². The predicted molar refractivity (Wildman–Crippen MR) is 61.2 cm³/mol. The smallest absolute Gasteiger partial charge is 0.275 e. The first-order valence-corrected chi connectivity index (χ1v) is 5.65. The van der Waals surface area contributed by atoms with Crippen LogP contribution in [0.25, 0.3) is 6.08 Å². The molecule has 1 N–H and O–H groups in total. The molecule has 72 valence electrons. The topological polar surface area (TPSA) is 41.5 Å². The zero-order valence-electron chi connectivity index (χ0n) is 7.37. The summed E-state index contributed by atoms with van der Waals surface area (Å²) >= 11 is 4.96. The second kappa shape index (κ2) is 3.67. The lowest BCUT2D eigenvalue weighted by Crippen LogP contribution is -2.21. The van der Waals surface area contributed by atoms with Crippen molar-refractivity contribution < 1.29 is 4.79 Å². The number of carbonyl (C=O) groups is 1. The Morgan fingerprint density at radius 3 is 2.93 bits per heavy atom. The van der Waals surface area contributed by atoms with Crippen LogP contribution in [0, 0.1) is 0 Å². The van der Waals surface area contributed by atoms with Crippen LogP contribution in [0.3, 0.4) is 0 Å². The number of nitrogens with one attached hydrogen (secondary N) is 1. The lowest BCUT2D eigenvalue weighted by atomic mass is 10.3. The van der Waals surface area contributed by atoms with Crippen LogP contribution >= 0.6 is 27.3 Å². The number of hydrogen-bond acceptors (Lipinski definition) is 3. The minimum absolute atomic E-state index is 0.136. The molecule has 0 radical (unpaired) electrons. The van der Waals surface area contributed by atoms with E-state index in [0.29, 0.717) is 11.5 Å². The maximum Gasteiger partial charge on any atom is 0.275 e. The third-order valence-corrected chi connectivity index (χ3v) is 3.55. The SMILES string of the molecule is CC1=N/C(=C\c2sccc2Br)C(=O)N1. The molecule has 1 aliphatic heterocycles. The van der Waals surface area contributed by atoms with Gasteiger partial charge in [-0.05, 0) is 40.4 Å². The average molecular weight is 271 g/mol. The van der Waals surface area contributed by atoms with Crippen molar-refractivity contribution in [3.8, 4) is 0 Å². The second-order valence-electron chi connectivity index (χ2n) is 2.81. The highest BCUT2D eigenvalue weighted by Gasteiger charge is 2.17. The molecule has 1 aliphatic rings. The van der Waals surface area contributed by atoms with Gasteiger partial charge in [0.25, 0.3) is 5.91 Å². The molecule has 0 bridgehead atoms. The molecule has 0 spiro atoms. The van der Waals surface area contributed by atoms with Gasteiger partial charge in [-0.2, -0.15) is 0 Å². The Bertz CT molecular complexity index is 447. The predicted octanol–water partition coefficient (Wildman–Crippen LogP) is 2.40. The summed E-state index contributed by atoms with van der Waals surface area (Å²) in [5.74, 6) is 0.511. The third kappa shape index (κ3) is 1.78. The van der Waals surface area contributed by atoms with Crippen LogP contribution < -0.4 is 5.32 Å². The minimum atomic E-state index is -0.136. The number of amidine groups is 1. The molecule has 2 rings (SSSR count). The normalized spacial score (nSPS) is 18.6. The first kappa shape index (κ1) is 9.61. The molecule has 0 atom stereocenters. The number of aliphatic imine (C=N–C) groups is 1. The number of carbonyl (C=O) groups excluding carboxylic acids is 1. The molecule has 0 unspecified atom stereocenters. The number of thiophene rings is 1. The first-order valence-electron chi connectivity index (χ1n) is 3.98. The Balaban J connectivity index is 2.36. The van der Waals surface area contributed by atoms with Crippen LogP contribution in [0.2, 0.25) is 0 Å². The van der Waals surface area contributed by atoms with E-state index in [-0.39, 0.29) is 5.91 Å². The molecule has 5 heteroatoms. The molecule has 1 amide bonds. The molecule has 0 aromatic carbocycles. The van der Waals surface area contributed by atoms with Crippen LogP contribution in [0.1, 0.15) is 11.8 Å². The molecule has 2 heterocycles. The molecule has 0 aliphatic carbocycles. The maximum absolute atomic E-state index is 11.3. The van der Waals surface area contributed by atoms with Gasteiger partial charge in [0.15, 0.2) is 0 Å². The van der Waals surface area contributed by atoms with Crippen LogP contribution in [0.5, 0.6) is 0 Å². The average Bonchev–Trinajstić information content (AvgIpc) is 2.62. The quantitative estimate of drug-likeness (QED) is 0.783. The van der Waals surface area contributed by atoms with E-state index < -0.39 is 0 Å². The van der Waals surface area contributed by atoms with Crippen molar-refractivity contribution in [3.63, 3.8) is 0 Å². The van der Waals surface area contributed by atoms with Crippen molar-refractivity contribution in [2.75, 3.05) is 0 Å². The molecular weight excluding hydrogens is 264 g/mol. The number of nitrogens with zero attached hydrogens (tertiary/aromatic N) is 1. The molecule has 1 aromatic heterocycles. The Kier molecular flexibility index (Phi) is 2.52. The number of rotatable bonds is 1. The summed E-state index contributed by atoms with van der Waals surface area (Å²) in [4.78, 5) is 16.4. The third-order valence-electron chi connectivity index (χ3n) is 1.73.